The monoisotopic (exact) mass is 473 g/mol. The molecule has 3 rings (SSSR count). The number of anilines is 1. The van der Waals surface area contributed by atoms with E-state index >= 15 is 0 Å². The molecule has 9 heteroatoms. The number of ether oxygens (including phenoxy) is 1. The van der Waals surface area contributed by atoms with Crippen molar-refractivity contribution < 1.29 is 22.7 Å². The van der Waals surface area contributed by atoms with E-state index in [1.165, 1.54) is 25.3 Å². The third kappa shape index (κ3) is 6.47. The largest absolute Gasteiger partial charge is 0.497 e. The molecule has 0 spiro atoms. The summed E-state index contributed by atoms with van der Waals surface area (Å²) in [6.45, 7) is 3.64. The second-order valence-electron chi connectivity index (χ2n) is 8.10. The number of carbonyl (C=O) groups excluding carboxylic acids is 2. The van der Waals surface area contributed by atoms with Crippen molar-refractivity contribution in [1.29, 1.82) is 0 Å². The Bertz CT molecular complexity index is 1090. The van der Waals surface area contributed by atoms with E-state index in [9.17, 15) is 18.0 Å². The molecule has 2 N–H and O–H groups in total. The fraction of sp³-hybridized carbons (Fsp3) is 0.417. The van der Waals surface area contributed by atoms with Crippen molar-refractivity contribution in [2.75, 3.05) is 31.5 Å². The van der Waals surface area contributed by atoms with Gasteiger partial charge in [0.05, 0.1) is 17.9 Å². The zero-order valence-corrected chi connectivity index (χ0v) is 19.9. The number of rotatable bonds is 9. The van der Waals surface area contributed by atoms with Gasteiger partial charge in [-0.2, -0.15) is 0 Å². The van der Waals surface area contributed by atoms with Gasteiger partial charge in [0.1, 0.15) is 5.75 Å². The Balaban J connectivity index is 1.69. The summed E-state index contributed by atoms with van der Waals surface area (Å²) in [7, 11) is -2.39. The van der Waals surface area contributed by atoms with Crippen LogP contribution >= 0.6 is 0 Å². The van der Waals surface area contributed by atoms with E-state index in [-0.39, 0.29) is 28.3 Å². The van der Waals surface area contributed by atoms with E-state index in [1.54, 1.807) is 35.2 Å². The lowest BCUT2D eigenvalue weighted by Gasteiger charge is -2.32. The standard InChI is InChI=1S/C24H31N3O5S/c1-3-4-13-25-23(28)19-9-7-14-27(17-19)24(29)18-8-5-10-20(15-18)26-33(30,31)22-12-6-11-21(16-22)32-2/h5-6,8,10-12,15-16,19,26H,3-4,7,9,13-14,17H2,1-2H3,(H,25,28)/t19-/m0/s1. The molecule has 0 radical (unpaired) electrons. The van der Waals surface area contributed by atoms with Crippen LogP contribution in [-0.4, -0.2) is 51.9 Å². The Morgan fingerprint density at radius 3 is 2.70 bits per heavy atom. The van der Waals surface area contributed by atoms with Gasteiger partial charge in [-0.3, -0.25) is 14.3 Å². The van der Waals surface area contributed by atoms with Gasteiger partial charge >= 0.3 is 0 Å². The van der Waals surface area contributed by atoms with Gasteiger partial charge in [0.25, 0.3) is 15.9 Å². The fourth-order valence-corrected chi connectivity index (χ4v) is 4.87. The van der Waals surface area contributed by atoms with Crippen molar-refractivity contribution in [3.63, 3.8) is 0 Å². The summed E-state index contributed by atoms with van der Waals surface area (Å²) in [6, 6.07) is 12.6. The average molecular weight is 474 g/mol. The summed E-state index contributed by atoms with van der Waals surface area (Å²) in [6.07, 6.45) is 3.44. The molecule has 2 aromatic carbocycles. The minimum absolute atomic E-state index is 0.0132. The highest BCUT2D eigenvalue weighted by atomic mass is 32.2. The molecule has 0 aromatic heterocycles. The van der Waals surface area contributed by atoms with Crippen molar-refractivity contribution in [3.8, 4) is 5.75 Å². The highest BCUT2D eigenvalue weighted by Crippen LogP contribution is 2.23. The van der Waals surface area contributed by atoms with Crippen molar-refractivity contribution >= 4 is 27.5 Å². The lowest BCUT2D eigenvalue weighted by Crippen LogP contribution is -2.45. The smallest absolute Gasteiger partial charge is 0.262 e. The predicted octanol–water partition coefficient (Wildman–Crippen LogP) is 3.26. The van der Waals surface area contributed by atoms with E-state index in [4.69, 9.17) is 4.74 Å². The molecule has 1 aliphatic heterocycles. The van der Waals surface area contributed by atoms with Crippen molar-refractivity contribution in [1.82, 2.24) is 10.2 Å². The first-order chi connectivity index (χ1) is 15.8. The third-order valence-electron chi connectivity index (χ3n) is 5.62. The van der Waals surface area contributed by atoms with Gasteiger partial charge in [-0.1, -0.05) is 25.5 Å². The summed E-state index contributed by atoms with van der Waals surface area (Å²) >= 11 is 0. The maximum absolute atomic E-state index is 13.1. The number of hydrogen-bond donors (Lipinski definition) is 2. The topological polar surface area (TPSA) is 105 Å². The highest BCUT2D eigenvalue weighted by molar-refractivity contribution is 7.92. The van der Waals surface area contributed by atoms with Crippen LogP contribution in [0.2, 0.25) is 0 Å². The number of nitrogens with zero attached hydrogens (tertiary/aromatic N) is 1. The first-order valence-electron chi connectivity index (χ1n) is 11.2. The molecule has 2 amide bonds. The van der Waals surface area contributed by atoms with Crippen molar-refractivity contribution in [2.24, 2.45) is 5.92 Å². The van der Waals surface area contributed by atoms with Gasteiger partial charge in [-0.05, 0) is 49.6 Å². The minimum Gasteiger partial charge on any atom is -0.497 e. The van der Waals surface area contributed by atoms with Crippen LogP contribution in [0.1, 0.15) is 43.0 Å². The SMILES string of the molecule is CCCCNC(=O)[C@H]1CCCN(C(=O)c2cccc(NS(=O)(=O)c3cccc(OC)c3)c2)C1. The van der Waals surface area contributed by atoms with E-state index in [1.807, 2.05) is 0 Å². The first kappa shape index (κ1) is 24.6. The van der Waals surface area contributed by atoms with Gasteiger partial charge in [0.15, 0.2) is 0 Å². The molecule has 0 unspecified atom stereocenters. The Morgan fingerprint density at radius 2 is 1.94 bits per heavy atom. The number of unbranched alkanes of at least 4 members (excludes halogenated alkanes) is 1. The minimum atomic E-state index is -3.85. The highest BCUT2D eigenvalue weighted by Gasteiger charge is 2.29. The number of methoxy groups -OCH3 is 1. The third-order valence-corrected chi connectivity index (χ3v) is 7.00. The fourth-order valence-electron chi connectivity index (χ4n) is 3.79. The molecule has 33 heavy (non-hydrogen) atoms. The van der Waals surface area contributed by atoms with Gasteiger partial charge in [-0.25, -0.2) is 8.42 Å². The number of hydrogen-bond acceptors (Lipinski definition) is 5. The van der Waals surface area contributed by atoms with E-state index in [0.717, 1.165) is 25.7 Å². The van der Waals surface area contributed by atoms with Crippen LogP contribution in [0.4, 0.5) is 5.69 Å². The Hall–Kier alpha value is -3.07. The van der Waals surface area contributed by atoms with Crippen LogP contribution in [0.3, 0.4) is 0 Å². The number of benzene rings is 2. The van der Waals surface area contributed by atoms with Crippen LogP contribution < -0.4 is 14.8 Å². The molecule has 1 aliphatic rings. The summed E-state index contributed by atoms with van der Waals surface area (Å²) in [5.41, 5.74) is 0.655. The summed E-state index contributed by atoms with van der Waals surface area (Å²) < 4.78 is 33.2. The zero-order chi connectivity index (χ0) is 23.8. The maximum Gasteiger partial charge on any atom is 0.262 e. The molecule has 0 aliphatic carbocycles. The summed E-state index contributed by atoms with van der Waals surface area (Å²) in [5.74, 6) is -0.0290. The second kappa shape index (κ2) is 11.2. The van der Waals surface area contributed by atoms with Crippen molar-refractivity contribution in [2.45, 2.75) is 37.5 Å². The van der Waals surface area contributed by atoms with Crippen LogP contribution in [0.25, 0.3) is 0 Å². The van der Waals surface area contributed by atoms with Gasteiger partial charge < -0.3 is 15.0 Å². The number of nitrogens with one attached hydrogen (secondary N) is 2. The number of likely N-dealkylation sites (tertiary alicyclic amines) is 1. The summed E-state index contributed by atoms with van der Waals surface area (Å²) in [5, 5.41) is 2.95. The number of sulfonamides is 1. The molecule has 1 fully saturated rings. The molecule has 1 atom stereocenters. The van der Waals surface area contributed by atoms with Gasteiger partial charge in [0.2, 0.25) is 5.91 Å². The van der Waals surface area contributed by atoms with E-state index < -0.39 is 10.0 Å². The predicted molar refractivity (Wildman–Crippen MR) is 127 cm³/mol. The van der Waals surface area contributed by atoms with Crippen LogP contribution in [0.15, 0.2) is 53.4 Å². The molecule has 0 saturated carbocycles. The molecule has 8 nitrogen and oxygen atoms in total. The summed E-state index contributed by atoms with van der Waals surface area (Å²) in [4.78, 5) is 27.3. The molecule has 1 saturated heterocycles. The van der Waals surface area contributed by atoms with Crippen molar-refractivity contribution in [3.05, 3.63) is 54.1 Å². The zero-order valence-electron chi connectivity index (χ0n) is 19.0. The molecular weight excluding hydrogens is 442 g/mol. The Kier molecular flexibility index (Phi) is 8.32. The lowest BCUT2D eigenvalue weighted by molar-refractivity contribution is -0.126. The molecule has 2 aromatic rings. The first-order valence-corrected chi connectivity index (χ1v) is 12.7. The Morgan fingerprint density at radius 1 is 1.15 bits per heavy atom. The Labute approximate surface area is 195 Å². The molecule has 1 heterocycles. The number of carbonyl (C=O) groups is 2. The van der Waals surface area contributed by atoms with Crippen LogP contribution in [-0.2, 0) is 14.8 Å². The number of piperidine rings is 1. The quantitative estimate of drug-likeness (QED) is 0.544. The van der Waals surface area contributed by atoms with E-state index in [2.05, 4.69) is 17.0 Å². The molecule has 0 bridgehead atoms. The van der Waals surface area contributed by atoms with Gasteiger partial charge in [0, 0.05) is 37.0 Å². The normalized spacial score (nSPS) is 16.2. The van der Waals surface area contributed by atoms with Crippen LogP contribution in [0.5, 0.6) is 5.75 Å². The lowest BCUT2D eigenvalue weighted by atomic mass is 9.96. The molecule has 178 valence electrons. The van der Waals surface area contributed by atoms with E-state index in [0.29, 0.717) is 30.9 Å². The maximum atomic E-state index is 13.1. The molecular formula is C24H31N3O5S. The second-order valence-corrected chi connectivity index (χ2v) is 9.78. The van der Waals surface area contributed by atoms with Crippen LogP contribution in [0, 0.1) is 5.92 Å². The average Bonchev–Trinajstić information content (AvgIpc) is 2.83. The number of amides is 2. The van der Waals surface area contributed by atoms with Gasteiger partial charge in [-0.15, -0.1) is 0 Å².